The SMILES string of the molecule is COc1ccc(C(N)c2ccncc2)c(OC)c1Br. The Kier molecular flexibility index (Phi) is 4.39. The summed E-state index contributed by atoms with van der Waals surface area (Å²) in [6.07, 6.45) is 3.44. The van der Waals surface area contributed by atoms with Crippen LogP contribution in [0.25, 0.3) is 0 Å². The Bertz CT molecular complexity index is 561. The largest absolute Gasteiger partial charge is 0.495 e. The first-order chi connectivity index (χ1) is 9.19. The van der Waals surface area contributed by atoms with E-state index in [2.05, 4.69) is 20.9 Å². The van der Waals surface area contributed by atoms with Gasteiger partial charge in [-0.3, -0.25) is 4.98 Å². The van der Waals surface area contributed by atoms with Gasteiger partial charge >= 0.3 is 0 Å². The molecule has 1 unspecified atom stereocenters. The van der Waals surface area contributed by atoms with Crippen LogP contribution in [0.15, 0.2) is 41.1 Å². The molecule has 0 aliphatic rings. The molecule has 0 amide bonds. The zero-order valence-electron chi connectivity index (χ0n) is 10.8. The number of nitrogens with two attached hydrogens (primary N) is 1. The van der Waals surface area contributed by atoms with Gasteiger partial charge in [0.05, 0.1) is 20.3 Å². The molecule has 1 aromatic carbocycles. The van der Waals surface area contributed by atoms with Gasteiger partial charge in [-0.25, -0.2) is 0 Å². The number of hydrogen-bond donors (Lipinski definition) is 1. The molecule has 2 aromatic rings. The van der Waals surface area contributed by atoms with Gasteiger partial charge in [0.25, 0.3) is 0 Å². The highest BCUT2D eigenvalue weighted by Gasteiger charge is 2.18. The van der Waals surface area contributed by atoms with Crippen LogP contribution >= 0.6 is 15.9 Å². The van der Waals surface area contributed by atoms with Gasteiger partial charge in [-0.15, -0.1) is 0 Å². The molecule has 0 spiro atoms. The van der Waals surface area contributed by atoms with E-state index in [9.17, 15) is 0 Å². The van der Waals surface area contributed by atoms with E-state index in [1.165, 1.54) is 0 Å². The van der Waals surface area contributed by atoms with Crippen molar-refractivity contribution in [1.82, 2.24) is 4.98 Å². The molecule has 2 N–H and O–H groups in total. The lowest BCUT2D eigenvalue weighted by molar-refractivity contribution is 0.385. The van der Waals surface area contributed by atoms with E-state index in [0.717, 1.165) is 15.6 Å². The van der Waals surface area contributed by atoms with Crippen molar-refractivity contribution in [3.05, 3.63) is 52.3 Å². The zero-order chi connectivity index (χ0) is 13.8. The summed E-state index contributed by atoms with van der Waals surface area (Å²) in [6.45, 7) is 0. The Morgan fingerprint density at radius 2 is 1.79 bits per heavy atom. The highest BCUT2D eigenvalue weighted by atomic mass is 79.9. The second-order valence-corrected chi connectivity index (χ2v) is 4.76. The van der Waals surface area contributed by atoms with Gasteiger partial charge in [-0.2, -0.15) is 0 Å². The number of nitrogens with zero attached hydrogens (tertiary/aromatic N) is 1. The molecule has 5 heteroatoms. The Morgan fingerprint density at radius 1 is 1.11 bits per heavy atom. The van der Waals surface area contributed by atoms with E-state index in [1.54, 1.807) is 26.6 Å². The molecule has 1 atom stereocenters. The van der Waals surface area contributed by atoms with Crippen LogP contribution in [0.1, 0.15) is 17.2 Å². The van der Waals surface area contributed by atoms with Gasteiger partial charge in [0.15, 0.2) is 0 Å². The number of halogens is 1. The Balaban J connectivity index is 2.48. The minimum absolute atomic E-state index is 0.278. The summed E-state index contributed by atoms with van der Waals surface area (Å²) in [4.78, 5) is 3.99. The van der Waals surface area contributed by atoms with Crippen LogP contribution in [-0.4, -0.2) is 19.2 Å². The minimum Gasteiger partial charge on any atom is -0.495 e. The number of rotatable bonds is 4. The normalized spacial score (nSPS) is 12.0. The van der Waals surface area contributed by atoms with Crippen molar-refractivity contribution in [3.8, 4) is 11.5 Å². The van der Waals surface area contributed by atoms with Gasteiger partial charge in [0.2, 0.25) is 0 Å². The molecule has 4 nitrogen and oxygen atoms in total. The van der Waals surface area contributed by atoms with Crippen molar-refractivity contribution in [1.29, 1.82) is 0 Å². The fourth-order valence-corrected chi connectivity index (χ4v) is 2.60. The molecule has 2 rings (SSSR count). The Labute approximate surface area is 120 Å². The number of methoxy groups -OCH3 is 2. The summed E-state index contributed by atoms with van der Waals surface area (Å²) in [5.41, 5.74) is 8.15. The first kappa shape index (κ1) is 13.8. The molecule has 100 valence electrons. The van der Waals surface area contributed by atoms with E-state index < -0.39 is 0 Å². The summed E-state index contributed by atoms with van der Waals surface area (Å²) in [7, 11) is 3.23. The lowest BCUT2D eigenvalue weighted by Gasteiger charge is -2.18. The third kappa shape index (κ3) is 2.72. The smallest absolute Gasteiger partial charge is 0.141 e. The highest BCUT2D eigenvalue weighted by Crippen LogP contribution is 2.40. The first-order valence-corrected chi connectivity index (χ1v) is 6.54. The molecule has 0 aliphatic carbocycles. The van der Waals surface area contributed by atoms with Gasteiger partial charge in [0.1, 0.15) is 16.0 Å². The maximum Gasteiger partial charge on any atom is 0.141 e. The lowest BCUT2D eigenvalue weighted by Crippen LogP contribution is -2.13. The molecule has 0 bridgehead atoms. The lowest BCUT2D eigenvalue weighted by atomic mass is 9.99. The Hall–Kier alpha value is -1.59. The Morgan fingerprint density at radius 3 is 2.37 bits per heavy atom. The van der Waals surface area contributed by atoms with Crippen LogP contribution in [-0.2, 0) is 0 Å². The van der Waals surface area contributed by atoms with Crippen LogP contribution in [0.3, 0.4) is 0 Å². The molecule has 19 heavy (non-hydrogen) atoms. The maximum atomic E-state index is 6.28. The van der Waals surface area contributed by atoms with Crippen LogP contribution < -0.4 is 15.2 Å². The average molecular weight is 323 g/mol. The van der Waals surface area contributed by atoms with Crippen molar-refractivity contribution in [3.63, 3.8) is 0 Å². The van der Waals surface area contributed by atoms with Crippen LogP contribution in [0.5, 0.6) is 11.5 Å². The van der Waals surface area contributed by atoms with Crippen molar-refractivity contribution in [2.75, 3.05) is 14.2 Å². The molecule has 0 radical (unpaired) electrons. The van der Waals surface area contributed by atoms with E-state index in [-0.39, 0.29) is 6.04 Å². The standard InChI is InChI=1S/C14H15BrN2O2/c1-18-11-4-3-10(14(19-2)12(11)15)13(16)9-5-7-17-8-6-9/h3-8,13H,16H2,1-2H3. The van der Waals surface area contributed by atoms with E-state index in [1.807, 2.05) is 24.3 Å². The van der Waals surface area contributed by atoms with Gasteiger partial charge in [0, 0.05) is 18.0 Å². The fourth-order valence-electron chi connectivity index (χ4n) is 1.91. The van der Waals surface area contributed by atoms with E-state index in [0.29, 0.717) is 11.5 Å². The summed E-state index contributed by atoms with van der Waals surface area (Å²) in [6, 6.07) is 7.28. The van der Waals surface area contributed by atoms with Crippen molar-refractivity contribution < 1.29 is 9.47 Å². The van der Waals surface area contributed by atoms with E-state index >= 15 is 0 Å². The average Bonchev–Trinajstić information content (AvgIpc) is 2.47. The third-order valence-corrected chi connectivity index (χ3v) is 3.67. The summed E-state index contributed by atoms with van der Waals surface area (Å²) in [5, 5.41) is 0. The predicted molar refractivity (Wildman–Crippen MR) is 77.5 cm³/mol. The highest BCUT2D eigenvalue weighted by molar-refractivity contribution is 9.10. The van der Waals surface area contributed by atoms with Gasteiger partial charge < -0.3 is 15.2 Å². The number of hydrogen-bond acceptors (Lipinski definition) is 4. The predicted octanol–water partition coefficient (Wildman–Crippen LogP) is 2.91. The first-order valence-electron chi connectivity index (χ1n) is 5.75. The fraction of sp³-hybridized carbons (Fsp3) is 0.214. The van der Waals surface area contributed by atoms with Crippen molar-refractivity contribution in [2.45, 2.75) is 6.04 Å². The van der Waals surface area contributed by atoms with Crippen LogP contribution in [0.2, 0.25) is 0 Å². The number of aromatic nitrogens is 1. The topological polar surface area (TPSA) is 57.4 Å². The third-order valence-electron chi connectivity index (χ3n) is 2.92. The van der Waals surface area contributed by atoms with Crippen molar-refractivity contribution in [2.24, 2.45) is 5.73 Å². The summed E-state index contributed by atoms with van der Waals surface area (Å²) < 4.78 is 11.5. The molecule has 0 fully saturated rings. The number of benzene rings is 1. The summed E-state index contributed by atoms with van der Waals surface area (Å²) in [5.74, 6) is 1.39. The van der Waals surface area contributed by atoms with Gasteiger partial charge in [-0.05, 0) is 45.8 Å². The molecule has 1 aromatic heterocycles. The second-order valence-electron chi connectivity index (χ2n) is 3.96. The zero-order valence-corrected chi connectivity index (χ0v) is 12.3. The number of pyridine rings is 1. The number of ether oxygens (including phenoxy) is 2. The molecular formula is C14H15BrN2O2. The molecule has 0 aliphatic heterocycles. The molecular weight excluding hydrogens is 308 g/mol. The molecule has 0 saturated carbocycles. The van der Waals surface area contributed by atoms with Crippen LogP contribution in [0, 0.1) is 0 Å². The quantitative estimate of drug-likeness (QED) is 0.940. The monoisotopic (exact) mass is 322 g/mol. The molecule has 0 saturated heterocycles. The van der Waals surface area contributed by atoms with Crippen LogP contribution in [0.4, 0.5) is 0 Å². The molecule has 1 heterocycles. The maximum absolute atomic E-state index is 6.28. The van der Waals surface area contributed by atoms with E-state index in [4.69, 9.17) is 15.2 Å². The minimum atomic E-state index is -0.278. The second kappa shape index (κ2) is 6.04. The van der Waals surface area contributed by atoms with Crippen molar-refractivity contribution >= 4 is 15.9 Å². The van der Waals surface area contributed by atoms with Gasteiger partial charge in [-0.1, -0.05) is 0 Å². The summed E-state index contributed by atoms with van der Waals surface area (Å²) >= 11 is 3.48.